The molecule has 1 atom stereocenters. The second kappa shape index (κ2) is 6.14. The van der Waals surface area contributed by atoms with Gasteiger partial charge < -0.3 is 15.4 Å². The number of hydrogen-bond donors (Lipinski definition) is 2. The number of benzene rings is 1. The highest BCUT2D eigenvalue weighted by Crippen LogP contribution is 2.33. The van der Waals surface area contributed by atoms with Gasteiger partial charge in [-0.25, -0.2) is 0 Å². The molecule has 0 saturated carbocycles. The molecule has 2 heterocycles. The standard InChI is InChI=1S/C15H19BrN2O2/c16-12-6-10-3-5-20-15(10)11(7-12)9-18-13-2-1-4-17-14(19)8-13/h6-7,13,18H,1-5,8-9H2,(H,17,19). The zero-order chi connectivity index (χ0) is 13.9. The molecule has 1 saturated heterocycles. The van der Waals surface area contributed by atoms with Gasteiger partial charge in [-0.3, -0.25) is 4.79 Å². The van der Waals surface area contributed by atoms with Gasteiger partial charge in [-0.2, -0.15) is 0 Å². The summed E-state index contributed by atoms with van der Waals surface area (Å²) >= 11 is 3.56. The van der Waals surface area contributed by atoms with Crippen molar-refractivity contribution in [3.05, 3.63) is 27.7 Å². The maximum Gasteiger partial charge on any atom is 0.221 e. The van der Waals surface area contributed by atoms with Crippen LogP contribution in [0, 0.1) is 0 Å². The Bertz CT molecular complexity index is 519. The molecule has 0 aromatic heterocycles. The number of hydrogen-bond acceptors (Lipinski definition) is 3. The first-order valence-corrected chi connectivity index (χ1v) is 7.96. The van der Waals surface area contributed by atoms with Crippen molar-refractivity contribution in [1.29, 1.82) is 0 Å². The number of amides is 1. The van der Waals surface area contributed by atoms with E-state index in [0.29, 0.717) is 6.42 Å². The summed E-state index contributed by atoms with van der Waals surface area (Å²) in [5, 5.41) is 6.42. The Kier molecular flexibility index (Phi) is 4.27. The Balaban J connectivity index is 1.67. The van der Waals surface area contributed by atoms with Crippen LogP contribution in [0.25, 0.3) is 0 Å². The molecule has 0 spiro atoms. The molecule has 0 radical (unpaired) electrons. The molecule has 1 aromatic rings. The van der Waals surface area contributed by atoms with Crippen molar-refractivity contribution in [1.82, 2.24) is 10.6 Å². The lowest BCUT2D eigenvalue weighted by atomic mass is 10.1. The van der Waals surface area contributed by atoms with Crippen LogP contribution in [0.2, 0.25) is 0 Å². The van der Waals surface area contributed by atoms with Gasteiger partial charge >= 0.3 is 0 Å². The van der Waals surface area contributed by atoms with Crippen LogP contribution in [0.3, 0.4) is 0 Å². The average molecular weight is 339 g/mol. The Labute approximate surface area is 127 Å². The van der Waals surface area contributed by atoms with Gasteiger partial charge in [-0.05, 0) is 30.5 Å². The van der Waals surface area contributed by atoms with Gasteiger partial charge in [-0.1, -0.05) is 15.9 Å². The quantitative estimate of drug-likeness (QED) is 0.887. The van der Waals surface area contributed by atoms with E-state index in [4.69, 9.17) is 4.74 Å². The van der Waals surface area contributed by atoms with E-state index >= 15 is 0 Å². The zero-order valence-corrected chi connectivity index (χ0v) is 13.0. The lowest BCUT2D eigenvalue weighted by Gasteiger charge is -2.16. The Morgan fingerprint density at radius 1 is 1.45 bits per heavy atom. The van der Waals surface area contributed by atoms with Crippen LogP contribution < -0.4 is 15.4 Å². The number of carbonyl (C=O) groups excluding carboxylic acids is 1. The monoisotopic (exact) mass is 338 g/mol. The van der Waals surface area contributed by atoms with E-state index < -0.39 is 0 Å². The van der Waals surface area contributed by atoms with Crippen LogP contribution in [0.5, 0.6) is 5.75 Å². The summed E-state index contributed by atoms with van der Waals surface area (Å²) in [6.45, 7) is 2.32. The summed E-state index contributed by atoms with van der Waals surface area (Å²) in [6.07, 6.45) is 3.62. The highest BCUT2D eigenvalue weighted by molar-refractivity contribution is 9.10. The minimum Gasteiger partial charge on any atom is -0.493 e. The van der Waals surface area contributed by atoms with Crippen LogP contribution in [-0.4, -0.2) is 25.1 Å². The largest absolute Gasteiger partial charge is 0.493 e. The molecule has 0 bridgehead atoms. The Hall–Kier alpha value is -1.07. The van der Waals surface area contributed by atoms with Gasteiger partial charge in [0.1, 0.15) is 5.75 Å². The third-order valence-corrected chi connectivity index (χ3v) is 4.35. The van der Waals surface area contributed by atoms with Gasteiger partial charge in [0.2, 0.25) is 5.91 Å². The molecule has 20 heavy (non-hydrogen) atoms. The molecule has 1 amide bonds. The van der Waals surface area contributed by atoms with Crippen LogP contribution in [-0.2, 0) is 17.8 Å². The molecule has 1 fully saturated rings. The average Bonchev–Trinajstić information content (AvgIpc) is 2.78. The van der Waals surface area contributed by atoms with Gasteiger partial charge in [-0.15, -0.1) is 0 Å². The molecule has 2 N–H and O–H groups in total. The fraction of sp³-hybridized carbons (Fsp3) is 0.533. The van der Waals surface area contributed by atoms with Crippen molar-refractivity contribution in [2.24, 2.45) is 0 Å². The summed E-state index contributed by atoms with van der Waals surface area (Å²) in [5.41, 5.74) is 2.45. The first kappa shape index (κ1) is 13.9. The molecular formula is C15H19BrN2O2. The predicted molar refractivity (Wildman–Crippen MR) is 80.8 cm³/mol. The fourth-order valence-corrected chi connectivity index (χ4v) is 3.43. The van der Waals surface area contributed by atoms with E-state index in [0.717, 1.165) is 49.2 Å². The van der Waals surface area contributed by atoms with Crippen molar-refractivity contribution in [3.8, 4) is 5.75 Å². The molecule has 4 nitrogen and oxygen atoms in total. The number of fused-ring (bicyclic) bond motifs is 1. The smallest absolute Gasteiger partial charge is 0.221 e. The Morgan fingerprint density at radius 3 is 3.25 bits per heavy atom. The first-order valence-electron chi connectivity index (χ1n) is 7.16. The second-order valence-corrected chi connectivity index (χ2v) is 6.34. The van der Waals surface area contributed by atoms with Crippen molar-refractivity contribution < 1.29 is 9.53 Å². The molecule has 1 unspecified atom stereocenters. The normalized spacial score (nSPS) is 21.9. The van der Waals surface area contributed by atoms with E-state index in [1.54, 1.807) is 0 Å². The molecule has 3 rings (SSSR count). The SMILES string of the molecule is O=C1CC(NCc2cc(Br)cc3c2OCC3)CCCN1. The highest BCUT2D eigenvalue weighted by Gasteiger charge is 2.20. The first-order chi connectivity index (χ1) is 9.72. The van der Waals surface area contributed by atoms with Crippen molar-refractivity contribution >= 4 is 21.8 Å². The number of ether oxygens (including phenoxy) is 1. The molecule has 2 aliphatic heterocycles. The number of carbonyl (C=O) groups is 1. The predicted octanol–water partition coefficient (Wildman–Crippen LogP) is 2.14. The number of nitrogens with one attached hydrogen (secondary N) is 2. The third kappa shape index (κ3) is 3.15. The number of rotatable bonds is 3. The summed E-state index contributed by atoms with van der Waals surface area (Å²) in [6, 6.07) is 4.49. The van der Waals surface area contributed by atoms with Gasteiger partial charge in [0.05, 0.1) is 6.61 Å². The second-order valence-electron chi connectivity index (χ2n) is 5.43. The summed E-state index contributed by atoms with van der Waals surface area (Å²) in [4.78, 5) is 11.6. The topological polar surface area (TPSA) is 50.4 Å². The summed E-state index contributed by atoms with van der Waals surface area (Å²) in [5.74, 6) is 1.18. The minimum absolute atomic E-state index is 0.149. The van der Waals surface area contributed by atoms with Crippen molar-refractivity contribution in [2.75, 3.05) is 13.2 Å². The molecule has 108 valence electrons. The minimum atomic E-state index is 0.149. The molecule has 0 aliphatic carbocycles. The summed E-state index contributed by atoms with van der Waals surface area (Å²) in [7, 11) is 0. The molecule has 2 aliphatic rings. The lowest BCUT2D eigenvalue weighted by Crippen LogP contribution is -2.32. The molecule has 1 aromatic carbocycles. The maximum atomic E-state index is 11.6. The third-order valence-electron chi connectivity index (χ3n) is 3.89. The van der Waals surface area contributed by atoms with Gasteiger partial charge in [0, 0.05) is 42.0 Å². The van der Waals surface area contributed by atoms with Gasteiger partial charge in [0.25, 0.3) is 0 Å². The maximum absolute atomic E-state index is 11.6. The molecule has 5 heteroatoms. The van der Waals surface area contributed by atoms with Crippen LogP contribution in [0.1, 0.15) is 30.4 Å². The lowest BCUT2D eigenvalue weighted by molar-refractivity contribution is -0.121. The van der Waals surface area contributed by atoms with E-state index in [9.17, 15) is 4.79 Å². The van der Waals surface area contributed by atoms with E-state index in [-0.39, 0.29) is 11.9 Å². The number of halogens is 1. The summed E-state index contributed by atoms with van der Waals surface area (Å²) < 4.78 is 6.82. The van der Waals surface area contributed by atoms with Crippen LogP contribution >= 0.6 is 15.9 Å². The highest BCUT2D eigenvalue weighted by atomic mass is 79.9. The van der Waals surface area contributed by atoms with Crippen LogP contribution in [0.15, 0.2) is 16.6 Å². The fourth-order valence-electron chi connectivity index (χ4n) is 2.88. The van der Waals surface area contributed by atoms with E-state index in [2.05, 4.69) is 38.7 Å². The van der Waals surface area contributed by atoms with E-state index in [1.807, 2.05) is 0 Å². The van der Waals surface area contributed by atoms with Gasteiger partial charge in [0.15, 0.2) is 0 Å². The van der Waals surface area contributed by atoms with Crippen LogP contribution in [0.4, 0.5) is 0 Å². The van der Waals surface area contributed by atoms with Crippen molar-refractivity contribution in [3.63, 3.8) is 0 Å². The van der Waals surface area contributed by atoms with Crippen molar-refractivity contribution in [2.45, 2.75) is 38.3 Å². The Morgan fingerprint density at radius 2 is 2.35 bits per heavy atom. The van der Waals surface area contributed by atoms with E-state index in [1.165, 1.54) is 11.1 Å². The zero-order valence-electron chi connectivity index (χ0n) is 11.4. The molecular weight excluding hydrogens is 320 g/mol.